The molecule has 6 nitrogen and oxygen atoms in total. The molecular formula is C24H28N4O2. The second kappa shape index (κ2) is 9.20. The second-order valence-corrected chi connectivity index (χ2v) is 8.24. The second-order valence-electron chi connectivity index (χ2n) is 8.24. The molecule has 2 aromatic heterocycles. The van der Waals surface area contributed by atoms with Crippen LogP contribution in [0.15, 0.2) is 53.3 Å². The van der Waals surface area contributed by atoms with Crippen molar-refractivity contribution in [3.05, 3.63) is 65.8 Å². The van der Waals surface area contributed by atoms with Gasteiger partial charge in [-0.2, -0.15) is 4.98 Å². The first-order valence-corrected chi connectivity index (χ1v) is 10.7. The van der Waals surface area contributed by atoms with Crippen LogP contribution >= 0.6 is 0 Å². The van der Waals surface area contributed by atoms with Gasteiger partial charge in [-0.1, -0.05) is 54.2 Å². The number of amides is 1. The van der Waals surface area contributed by atoms with E-state index >= 15 is 0 Å². The molecule has 3 aromatic rings. The number of aryl methyl sites for hydroxylation is 2. The zero-order valence-electron chi connectivity index (χ0n) is 17.4. The van der Waals surface area contributed by atoms with Gasteiger partial charge in [0.25, 0.3) is 0 Å². The summed E-state index contributed by atoms with van der Waals surface area (Å²) in [5, 5.41) is 7.17. The van der Waals surface area contributed by atoms with Crippen LogP contribution in [0.1, 0.15) is 55.5 Å². The molecule has 1 aliphatic rings. The number of nitrogens with zero attached hydrogens (tertiary/aromatic N) is 3. The van der Waals surface area contributed by atoms with Crippen molar-refractivity contribution >= 4 is 5.91 Å². The predicted octanol–water partition coefficient (Wildman–Crippen LogP) is 4.39. The molecule has 0 bridgehead atoms. The molecule has 156 valence electrons. The van der Waals surface area contributed by atoms with Gasteiger partial charge in [-0.15, -0.1) is 0 Å². The SMILES string of the molecule is Cc1cccc(C2(CNC(=O)CCc3nc(-c4cccnc4)no3)CCCCC2)c1. The van der Waals surface area contributed by atoms with Crippen molar-refractivity contribution < 1.29 is 9.32 Å². The molecule has 0 unspecified atom stereocenters. The summed E-state index contributed by atoms with van der Waals surface area (Å²) < 4.78 is 5.30. The number of rotatable bonds is 7. The van der Waals surface area contributed by atoms with Crippen molar-refractivity contribution in [2.24, 2.45) is 0 Å². The number of hydrogen-bond donors (Lipinski definition) is 1. The normalized spacial score (nSPS) is 15.6. The van der Waals surface area contributed by atoms with Crippen molar-refractivity contribution in [2.45, 2.75) is 57.3 Å². The standard InChI is InChI=1S/C24H28N4O2/c1-18-7-5-9-20(15-18)24(12-3-2-4-13-24)17-26-21(29)10-11-22-27-23(28-30-22)19-8-6-14-25-16-19/h5-9,14-16H,2-4,10-13,17H2,1H3,(H,26,29). The van der Waals surface area contributed by atoms with Crippen LogP contribution in [0.5, 0.6) is 0 Å². The lowest BCUT2D eigenvalue weighted by Gasteiger charge is -2.38. The van der Waals surface area contributed by atoms with Crippen LogP contribution in [0.25, 0.3) is 11.4 Å². The minimum Gasteiger partial charge on any atom is -0.355 e. The van der Waals surface area contributed by atoms with Crippen molar-refractivity contribution in [1.29, 1.82) is 0 Å². The number of carbonyl (C=O) groups excluding carboxylic acids is 1. The summed E-state index contributed by atoms with van der Waals surface area (Å²) in [7, 11) is 0. The minimum atomic E-state index is 0.0220. The lowest BCUT2D eigenvalue weighted by molar-refractivity contribution is -0.121. The maximum Gasteiger partial charge on any atom is 0.227 e. The molecule has 2 heterocycles. The molecule has 0 saturated heterocycles. The van der Waals surface area contributed by atoms with Crippen molar-refractivity contribution in [3.8, 4) is 11.4 Å². The molecule has 1 N–H and O–H groups in total. The van der Waals surface area contributed by atoms with E-state index in [1.165, 1.54) is 30.4 Å². The van der Waals surface area contributed by atoms with E-state index in [2.05, 4.69) is 51.6 Å². The number of aromatic nitrogens is 3. The van der Waals surface area contributed by atoms with Crippen molar-refractivity contribution in [3.63, 3.8) is 0 Å². The first kappa shape index (κ1) is 20.3. The fourth-order valence-corrected chi connectivity index (χ4v) is 4.32. The number of hydrogen-bond acceptors (Lipinski definition) is 5. The number of benzene rings is 1. The summed E-state index contributed by atoms with van der Waals surface area (Å²) in [6.07, 6.45) is 10.1. The topological polar surface area (TPSA) is 80.9 Å². The Morgan fingerprint density at radius 3 is 2.80 bits per heavy atom. The Labute approximate surface area is 177 Å². The van der Waals surface area contributed by atoms with Crippen LogP contribution < -0.4 is 5.32 Å². The molecule has 1 aliphatic carbocycles. The molecule has 1 aromatic carbocycles. The van der Waals surface area contributed by atoms with Crippen LogP contribution in [0, 0.1) is 6.92 Å². The number of pyridine rings is 1. The monoisotopic (exact) mass is 404 g/mol. The summed E-state index contributed by atoms with van der Waals surface area (Å²) in [4.78, 5) is 21.0. The molecule has 30 heavy (non-hydrogen) atoms. The van der Waals surface area contributed by atoms with Gasteiger partial charge in [-0.05, 0) is 37.5 Å². The molecule has 1 amide bonds. The Kier molecular flexibility index (Phi) is 6.21. The lowest BCUT2D eigenvalue weighted by atomic mass is 9.69. The largest absolute Gasteiger partial charge is 0.355 e. The Balaban J connectivity index is 1.35. The quantitative estimate of drug-likeness (QED) is 0.632. The molecular weight excluding hydrogens is 376 g/mol. The molecule has 4 rings (SSSR count). The summed E-state index contributed by atoms with van der Waals surface area (Å²) in [5.41, 5.74) is 3.46. The van der Waals surface area contributed by atoms with E-state index < -0.39 is 0 Å². The average Bonchev–Trinajstić information content (AvgIpc) is 3.27. The van der Waals surface area contributed by atoms with E-state index in [0.29, 0.717) is 31.1 Å². The van der Waals surface area contributed by atoms with Gasteiger partial charge < -0.3 is 9.84 Å². The smallest absolute Gasteiger partial charge is 0.227 e. The van der Waals surface area contributed by atoms with Gasteiger partial charge in [0.15, 0.2) is 0 Å². The van der Waals surface area contributed by atoms with Gasteiger partial charge in [-0.3, -0.25) is 9.78 Å². The first-order valence-electron chi connectivity index (χ1n) is 10.7. The fraction of sp³-hybridized carbons (Fsp3) is 0.417. The van der Waals surface area contributed by atoms with E-state index in [9.17, 15) is 4.79 Å². The average molecular weight is 405 g/mol. The van der Waals surface area contributed by atoms with Crippen LogP contribution in [-0.2, 0) is 16.6 Å². The van der Waals surface area contributed by atoms with Crippen LogP contribution in [0.2, 0.25) is 0 Å². The predicted molar refractivity (Wildman–Crippen MR) is 115 cm³/mol. The Morgan fingerprint density at radius 1 is 1.17 bits per heavy atom. The third-order valence-corrected chi connectivity index (χ3v) is 6.02. The van der Waals surface area contributed by atoms with Crippen LogP contribution in [0.3, 0.4) is 0 Å². The number of carbonyl (C=O) groups is 1. The maximum absolute atomic E-state index is 12.6. The highest BCUT2D eigenvalue weighted by molar-refractivity contribution is 5.76. The van der Waals surface area contributed by atoms with Gasteiger partial charge in [0, 0.05) is 42.8 Å². The fourth-order valence-electron chi connectivity index (χ4n) is 4.32. The molecule has 0 radical (unpaired) electrons. The zero-order valence-corrected chi connectivity index (χ0v) is 17.4. The third kappa shape index (κ3) is 4.75. The highest BCUT2D eigenvalue weighted by Gasteiger charge is 2.34. The summed E-state index contributed by atoms with van der Waals surface area (Å²) in [6.45, 7) is 2.81. The summed E-state index contributed by atoms with van der Waals surface area (Å²) in [6, 6.07) is 12.4. The minimum absolute atomic E-state index is 0.0220. The molecule has 0 spiro atoms. The zero-order chi connectivity index (χ0) is 20.8. The first-order chi connectivity index (χ1) is 14.6. The van der Waals surface area contributed by atoms with Crippen molar-refractivity contribution in [2.75, 3.05) is 6.54 Å². The molecule has 1 fully saturated rings. The summed E-state index contributed by atoms with van der Waals surface area (Å²) in [5.74, 6) is 0.989. The van der Waals surface area contributed by atoms with Crippen LogP contribution in [-0.4, -0.2) is 27.6 Å². The van der Waals surface area contributed by atoms with E-state index in [0.717, 1.165) is 18.4 Å². The molecule has 1 saturated carbocycles. The summed E-state index contributed by atoms with van der Waals surface area (Å²) >= 11 is 0. The molecule has 0 atom stereocenters. The Bertz CT molecular complexity index is 978. The van der Waals surface area contributed by atoms with Gasteiger partial charge in [-0.25, -0.2) is 0 Å². The maximum atomic E-state index is 12.6. The third-order valence-electron chi connectivity index (χ3n) is 6.02. The molecule has 6 heteroatoms. The van der Waals surface area contributed by atoms with Gasteiger partial charge in [0.1, 0.15) is 0 Å². The van der Waals surface area contributed by atoms with Gasteiger partial charge >= 0.3 is 0 Å². The molecule has 0 aliphatic heterocycles. The Morgan fingerprint density at radius 2 is 2.03 bits per heavy atom. The number of nitrogens with one attached hydrogen (secondary N) is 1. The van der Waals surface area contributed by atoms with Crippen LogP contribution in [0.4, 0.5) is 0 Å². The van der Waals surface area contributed by atoms with E-state index in [4.69, 9.17) is 4.52 Å². The van der Waals surface area contributed by atoms with E-state index in [1.807, 2.05) is 12.1 Å². The van der Waals surface area contributed by atoms with Gasteiger partial charge in [0.05, 0.1) is 0 Å². The van der Waals surface area contributed by atoms with Crippen molar-refractivity contribution in [1.82, 2.24) is 20.4 Å². The van der Waals surface area contributed by atoms with E-state index in [-0.39, 0.29) is 11.3 Å². The highest BCUT2D eigenvalue weighted by Crippen LogP contribution is 2.39. The lowest BCUT2D eigenvalue weighted by Crippen LogP contribution is -2.42. The van der Waals surface area contributed by atoms with Gasteiger partial charge in [0.2, 0.25) is 17.6 Å². The Hall–Kier alpha value is -3.02. The highest BCUT2D eigenvalue weighted by atomic mass is 16.5. The van der Waals surface area contributed by atoms with E-state index in [1.54, 1.807) is 12.4 Å².